The smallest absolute Gasteiger partial charge is 0.308 e. The first-order chi connectivity index (χ1) is 8.16. The molecule has 2 heterocycles. The van der Waals surface area contributed by atoms with Crippen LogP contribution in [0.4, 0.5) is 0 Å². The molecule has 17 heavy (non-hydrogen) atoms. The summed E-state index contributed by atoms with van der Waals surface area (Å²) in [5, 5.41) is 12.3. The number of rotatable bonds is 4. The van der Waals surface area contributed by atoms with Crippen LogP contribution >= 0.6 is 0 Å². The number of amides is 1. The minimum Gasteiger partial charge on any atom is -0.481 e. The zero-order valence-corrected chi connectivity index (χ0v) is 9.76. The van der Waals surface area contributed by atoms with E-state index in [1.165, 1.54) is 0 Å². The Kier molecular flexibility index (Phi) is 2.58. The van der Waals surface area contributed by atoms with Crippen LogP contribution < -0.4 is 5.32 Å². The second kappa shape index (κ2) is 3.98. The number of nitrogens with zero attached hydrogens (tertiary/aromatic N) is 1. The first kappa shape index (κ1) is 11.0. The average molecular weight is 238 g/mol. The normalized spacial score (nSPS) is 35.3. The number of carbonyl (C=O) groups is 2. The van der Waals surface area contributed by atoms with Crippen LogP contribution in [0.15, 0.2) is 0 Å². The number of nitrogens with one attached hydrogen (secondary N) is 1. The molecule has 2 bridgehead atoms. The topological polar surface area (TPSA) is 69.6 Å². The van der Waals surface area contributed by atoms with Crippen molar-refractivity contribution in [2.24, 2.45) is 5.92 Å². The molecule has 0 spiro atoms. The molecule has 3 rings (SSSR count). The van der Waals surface area contributed by atoms with Crippen molar-refractivity contribution in [3.63, 3.8) is 0 Å². The predicted molar refractivity (Wildman–Crippen MR) is 60.4 cm³/mol. The number of aliphatic carboxylic acids is 1. The standard InChI is InChI=1S/C12H18N2O3/c15-11(6-13-7-1-2-7)14-8-3-4-10(14)9(5-8)12(16)17/h7-10,13H,1-6H2,(H,16,17). The summed E-state index contributed by atoms with van der Waals surface area (Å²) < 4.78 is 0. The van der Waals surface area contributed by atoms with E-state index in [1.807, 2.05) is 4.90 Å². The fourth-order valence-corrected chi connectivity index (χ4v) is 3.25. The van der Waals surface area contributed by atoms with Crippen molar-refractivity contribution in [3.8, 4) is 0 Å². The Bertz CT molecular complexity index is 354. The summed E-state index contributed by atoms with van der Waals surface area (Å²) in [5.74, 6) is -0.989. The van der Waals surface area contributed by atoms with Crippen molar-refractivity contribution in [1.82, 2.24) is 10.2 Å². The number of fused-ring (bicyclic) bond motifs is 2. The summed E-state index contributed by atoms with van der Waals surface area (Å²) in [6.07, 6.45) is 4.81. The molecule has 2 saturated heterocycles. The lowest BCUT2D eigenvalue weighted by Gasteiger charge is -2.23. The van der Waals surface area contributed by atoms with Gasteiger partial charge >= 0.3 is 5.97 Å². The molecular formula is C12H18N2O3. The molecule has 1 aliphatic carbocycles. The van der Waals surface area contributed by atoms with Crippen molar-refractivity contribution in [2.45, 2.75) is 50.2 Å². The molecule has 2 N–H and O–H groups in total. The predicted octanol–water partition coefficient (Wildman–Crippen LogP) is 0.202. The van der Waals surface area contributed by atoms with Gasteiger partial charge in [-0.25, -0.2) is 0 Å². The molecule has 5 nitrogen and oxygen atoms in total. The lowest BCUT2D eigenvalue weighted by Crippen LogP contribution is -2.43. The highest BCUT2D eigenvalue weighted by Crippen LogP contribution is 2.41. The van der Waals surface area contributed by atoms with Gasteiger partial charge < -0.3 is 15.3 Å². The van der Waals surface area contributed by atoms with Crippen molar-refractivity contribution in [3.05, 3.63) is 0 Å². The molecule has 3 aliphatic rings. The van der Waals surface area contributed by atoms with Crippen LogP contribution in [-0.2, 0) is 9.59 Å². The second-order valence-corrected chi connectivity index (χ2v) is 5.44. The molecule has 0 radical (unpaired) electrons. The summed E-state index contributed by atoms with van der Waals surface area (Å²) in [7, 11) is 0. The van der Waals surface area contributed by atoms with Crippen LogP contribution in [-0.4, -0.2) is 46.6 Å². The van der Waals surface area contributed by atoms with Crippen LogP contribution in [0.3, 0.4) is 0 Å². The molecule has 3 unspecified atom stereocenters. The molecule has 0 aromatic carbocycles. The maximum Gasteiger partial charge on any atom is 0.308 e. The first-order valence-electron chi connectivity index (χ1n) is 6.44. The lowest BCUT2D eigenvalue weighted by atomic mass is 9.89. The van der Waals surface area contributed by atoms with Gasteiger partial charge in [-0.1, -0.05) is 0 Å². The number of carboxylic acids is 1. The Labute approximate surface area is 100 Å². The Hall–Kier alpha value is -1.10. The second-order valence-electron chi connectivity index (χ2n) is 5.44. The van der Waals surface area contributed by atoms with Gasteiger partial charge in [0.05, 0.1) is 12.5 Å². The van der Waals surface area contributed by atoms with Crippen LogP contribution in [0.5, 0.6) is 0 Å². The highest BCUT2D eigenvalue weighted by molar-refractivity contribution is 5.82. The first-order valence-corrected chi connectivity index (χ1v) is 6.44. The average Bonchev–Trinajstić information content (AvgIpc) is 2.95. The summed E-state index contributed by atoms with van der Waals surface area (Å²) in [5.41, 5.74) is 0. The molecule has 94 valence electrons. The van der Waals surface area contributed by atoms with E-state index >= 15 is 0 Å². The summed E-state index contributed by atoms with van der Waals surface area (Å²) in [6.45, 7) is 0.379. The van der Waals surface area contributed by atoms with E-state index in [2.05, 4.69) is 5.32 Å². The summed E-state index contributed by atoms with van der Waals surface area (Å²) in [4.78, 5) is 25.0. The summed E-state index contributed by atoms with van der Waals surface area (Å²) >= 11 is 0. The zero-order chi connectivity index (χ0) is 12.0. The molecule has 1 saturated carbocycles. The number of hydrogen-bond donors (Lipinski definition) is 2. The monoisotopic (exact) mass is 238 g/mol. The molecule has 5 heteroatoms. The van der Waals surface area contributed by atoms with Gasteiger partial charge in [-0.3, -0.25) is 9.59 Å². The summed E-state index contributed by atoms with van der Waals surface area (Å²) in [6, 6.07) is 0.648. The van der Waals surface area contributed by atoms with Gasteiger partial charge in [0, 0.05) is 18.1 Å². The van der Waals surface area contributed by atoms with Crippen molar-refractivity contribution in [1.29, 1.82) is 0 Å². The minimum absolute atomic E-state index is 0.0500. The fourth-order valence-electron chi connectivity index (χ4n) is 3.25. The van der Waals surface area contributed by atoms with Crippen LogP contribution in [0.25, 0.3) is 0 Å². The number of hydrogen-bond acceptors (Lipinski definition) is 3. The molecule has 3 fully saturated rings. The van der Waals surface area contributed by atoms with Gasteiger partial charge in [0.2, 0.25) is 5.91 Å². The quantitative estimate of drug-likeness (QED) is 0.734. The van der Waals surface area contributed by atoms with Crippen LogP contribution in [0.1, 0.15) is 32.1 Å². The maximum atomic E-state index is 12.1. The third-order valence-corrected chi connectivity index (χ3v) is 4.26. The molecule has 0 aromatic heterocycles. The highest BCUT2D eigenvalue weighted by Gasteiger charge is 2.51. The molecule has 2 aliphatic heterocycles. The highest BCUT2D eigenvalue weighted by atomic mass is 16.4. The van der Waals surface area contributed by atoms with E-state index in [0.717, 1.165) is 25.7 Å². The van der Waals surface area contributed by atoms with Gasteiger partial charge in [0.25, 0.3) is 0 Å². The Balaban J connectivity index is 1.62. The van der Waals surface area contributed by atoms with E-state index in [4.69, 9.17) is 5.11 Å². The zero-order valence-electron chi connectivity index (χ0n) is 9.76. The van der Waals surface area contributed by atoms with E-state index in [9.17, 15) is 9.59 Å². The molecule has 0 aromatic rings. The van der Waals surface area contributed by atoms with Crippen molar-refractivity contribution in [2.75, 3.05) is 6.54 Å². The van der Waals surface area contributed by atoms with Gasteiger partial charge in [-0.15, -0.1) is 0 Å². The molecule has 1 amide bonds. The van der Waals surface area contributed by atoms with E-state index < -0.39 is 5.97 Å². The van der Waals surface area contributed by atoms with Crippen LogP contribution in [0.2, 0.25) is 0 Å². The van der Waals surface area contributed by atoms with E-state index in [-0.39, 0.29) is 23.9 Å². The SMILES string of the molecule is O=C(O)C1CC2CCC1N2C(=O)CNC1CC1. The van der Waals surface area contributed by atoms with E-state index in [1.54, 1.807) is 0 Å². The number of carboxylic acid groups (broad SMARTS) is 1. The van der Waals surface area contributed by atoms with Gasteiger partial charge in [-0.05, 0) is 32.1 Å². The van der Waals surface area contributed by atoms with Gasteiger partial charge in [-0.2, -0.15) is 0 Å². The molecular weight excluding hydrogens is 220 g/mol. The molecule has 3 atom stereocenters. The lowest BCUT2D eigenvalue weighted by molar-refractivity contribution is -0.143. The fraction of sp³-hybridized carbons (Fsp3) is 0.833. The Morgan fingerprint density at radius 1 is 1.24 bits per heavy atom. The maximum absolute atomic E-state index is 12.1. The third-order valence-electron chi connectivity index (χ3n) is 4.26. The van der Waals surface area contributed by atoms with Gasteiger partial charge in [0.15, 0.2) is 0 Å². The Morgan fingerprint density at radius 2 is 2.00 bits per heavy atom. The van der Waals surface area contributed by atoms with Gasteiger partial charge in [0.1, 0.15) is 0 Å². The third kappa shape index (κ3) is 1.92. The largest absolute Gasteiger partial charge is 0.481 e. The van der Waals surface area contributed by atoms with Crippen molar-refractivity contribution >= 4 is 11.9 Å². The van der Waals surface area contributed by atoms with Crippen molar-refractivity contribution < 1.29 is 14.7 Å². The Morgan fingerprint density at radius 3 is 2.59 bits per heavy atom. The number of carbonyl (C=O) groups excluding carboxylic acids is 1. The minimum atomic E-state index is -0.745. The van der Waals surface area contributed by atoms with Crippen LogP contribution in [0, 0.1) is 5.92 Å². The van der Waals surface area contributed by atoms with E-state index in [0.29, 0.717) is 19.0 Å².